The average Bonchev–Trinajstić information content (AvgIpc) is 3.16. The van der Waals surface area contributed by atoms with Gasteiger partial charge < -0.3 is 15.4 Å². The Labute approximate surface area is 144 Å². The summed E-state index contributed by atoms with van der Waals surface area (Å²) in [6.07, 6.45) is 1.50. The number of carbonyl (C=O) groups excluding carboxylic acids is 2. The van der Waals surface area contributed by atoms with E-state index in [1.54, 1.807) is 42.5 Å². The fourth-order valence-electron chi connectivity index (χ4n) is 2.11. The molecule has 0 bridgehead atoms. The van der Waals surface area contributed by atoms with Crippen LogP contribution in [-0.2, 0) is 4.79 Å². The molecule has 0 aliphatic carbocycles. The number of amides is 2. The van der Waals surface area contributed by atoms with Gasteiger partial charge in [-0.2, -0.15) is 5.10 Å². The first-order valence-electron chi connectivity index (χ1n) is 7.59. The van der Waals surface area contributed by atoms with Crippen molar-refractivity contribution in [2.45, 2.75) is 0 Å². The summed E-state index contributed by atoms with van der Waals surface area (Å²) in [4.78, 5) is 23.9. The van der Waals surface area contributed by atoms with Crippen molar-refractivity contribution >= 4 is 23.2 Å². The predicted molar refractivity (Wildman–Crippen MR) is 93.5 cm³/mol. The second-order valence-electron chi connectivity index (χ2n) is 5.16. The number of para-hydroxylation sites is 1. The van der Waals surface area contributed by atoms with E-state index in [9.17, 15) is 9.59 Å². The summed E-state index contributed by atoms with van der Waals surface area (Å²) >= 11 is 0. The Hall–Kier alpha value is -3.61. The van der Waals surface area contributed by atoms with E-state index in [4.69, 9.17) is 4.74 Å². The Balaban J connectivity index is 1.54. The van der Waals surface area contributed by atoms with Crippen molar-refractivity contribution < 1.29 is 14.3 Å². The maximum Gasteiger partial charge on any atom is 0.273 e. The van der Waals surface area contributed by atoms with Crippen molar-refractivity contribution in [2.24, 2.45) is 0 Å². The number of carbonyl (C=O) groups is 2. The number of H-pyrrole nitrogens is 1. The van der Waals surface area contributed by atoms with Crippen molar-refractivity contribution in [1.82, 2.24) is 10.2 Å². The molecule has 3 rings (SSSR count). The van der Waals surface area contributed by atoms with Crippen molar-refractivity contribution in [1.29, 1.82) is 0 Å². The van der Waals surface area contributed by atoms with Crippen LogP contribution in [0.3, 0.4) is 0 Å². The van der Waals surface area contributed by atoms with Crippen LogP contribution in [0.1, 0.15) is 10.5 Å². The summed E-state index contributed by atoms with van der Waals surface area (Å²) in [5.41, 5.74) is 1.62. The lowest BCUT2D eigenvalue weighted by atomic mass is 10.3. The van der Waals surface area contributed by atoms with Crippen LogP contribution in [-0.4, -0.2) is 28.6 Å². The summed E-state index contributed by atoms with van der Waals surface area (Å²) in [6, 6.07) is 17.5. The minimum Gasteiger partial charge on any atom is -0.484 e. The highest BCUT2D eigenvalue weighted by Crippen LogP contribution is 2.18. The van der Waals surface area contributed by atoms with Gasteiger partial charge >= 0.3 is 0 Å². The minimum atomic E-state index is -0.309. The summed E-state index contributed by atoms with van der Waals surface area (Å²) in [7, 11) is 0. The molecule has 1 heterocycles. The molecule has 0 aliphatic rings. The first-order valence-corrected chi connectivity index (χ1v) is 7.59. The molecule has 2 amide bonds. The van der Waals surface area contributed by atoms with E-state index in [0.717, 1.165) is 0 Å². The fourth-order valence-corrected chi connectivity index (χ4v) is 2.11. The Morgan fingerprint density at radius 2 is 1.76 bits per heavy atom. The van der Waals surface area contributed by atoms with E-state index in [2.05, 4.69) is 20.8 Å². The molecule has 7 nitrogen and oxygen atoms in total. The van der Waals surface area contributed by atoms with Crippen molar-refractivity contribution in [3.8, 4) is 5.75 Å². The van der Waals surface area contributed by atoms with Crippen molar-refractivity contribution in [3.63, 3.8) is 0 Å². The normalized spacial score (nSPS) is 10.1. The second-order valence-corrected chi connectivity index (χ2v) is 5.16. The third-order valence-electron chi connectivity index (χ3n) is 3.26. The van der Waals surface area contributed by atoms with Crippen LogP contribution in [0, 0.1) is 0 Å². The molecular formula is C18H16N4O3. The van der Waals surface area contributed by atoms with Gasteiger partial charge in [0.05, 0.1) is 0 Å². The van der Waals surface area contributed by atoms with E-state index in [-0.39, 0.29) is 18.4 Å². The van der Waals surface area contributed by atoms with Crippen LogP contribution in [0.2, 0.25) is 0 Å². The van der Waals surface area contributed by atoms with Crippen LogP contribution in [0.5, 0.6) is 5.75 Å². The zero-order valence-electron chi connectivity index (χ0n) is 13.2. The molecule has 0 saturated heterocycles. The molecule has 7 heteroatoms. The Bertz CT molecular complexity index is 848. The molecule has 3 N–H and O–H groups in total. The van der Waals surface area contributed by atoms with Gasteiger partial charge in [0, 0.05) is 23.6 Å². The van der Waals surface area contributed by atoms with E-state index in [1.165, 1.54) is 6.20 Å². The number of anilines is 2. The summed E-state index contributed by atoms with van der Waals surface area (Å²) in [6.45, 7) is -0.132. The molecule has 25 heavy (non-hydrogen) atoms. The van der Waals surface area contributed by atoms with E-state index >= 15 is 0 Å². The van der Waals surface area contributed by atoms with Crippen LogP contribution in [0.4, 0.5) is 11.4 Å². The van der Waals surface area contributed by atoms with Gasteiger partial charge in [0.25, 0.3) is 11.8 Å². The molecule has 0 radical (unpaired) electrons. The molecular weight excluding hydrogens is 320 g/mol. The Morgan fingerprint density at radius 1 is 0.960 bits per heavy atom. The molecule has 0 spiro atoms. The highest BCUT2D eigenvalue weighted by molar-refractivity contribution is 6.02. The number of aromatic amines is 1. The first-order chi connectivity index (χ1) is 12.2. The number of hydrogen-bond acceptors (Lipinski definition) is 4. The van der Waals surface area contributed by atoms with Gasteiger partial charge in [0.1, 0.15) is 11.4 Å². The van der Waals surface area contributed by atoms with Gasteiger partial charge in [-0.25, -0.2) is 0 Å². The van der Waals surface area contributed by atoms with Gasteiger partial charge in [-0.3, -0.25) is 14.7 Å². The molecule has 3 aromatic rings. The molecule has 0 saturated carbocycles. The lowest BCUT2D eigenvalue weighted by Crippen LogP contribution is -2.20. The largest absolute Gasteiger partial charge is 0.484 e. The number of nitrogens with zero attached hydrogens (tertiary/aromatic N) is 1. The number of ether oxygens (including phenoxy) is 1. The fraction of sp³-hybridized carbons (Fsp3) is 0.0556. The molecule has 0 atom stereocenters. The van der Waals surface area contributed by atoms with Crippen LogP contribution >= 0.6 is 0 Å². The summed E-state index contributed by atoms with van der Waals surface area (Å²) < 4.78 is 5.47. The highest BCUT2D eigenvalue weighted by Gasteiger charge is 2.08. The van der Waals surface area contributed by atoms with Crippen LogP contribution in [0.15, 0.2) is 66.9 Å². The zero-order chi connectivity index (χ0) is 17.5. The van der Waals surface area contributed by atoms with Crippen LogP contribution < -0.4 is 15.4 Å². The monoisotopic (exact) mass is 336 g/mol. The quantitative estimate of drug-likeness (QED) is 0.645. The number of hydrogen-bond donors (Lipinski definition) is 3. The van der Waals surface area contributed by atoms with E-state index in [1.807, 2.05) is 18.2 Å². The lowest BCUT2D eigenvalue weighted by molar-refractivity contribution is -0.118. The predicted octanol–water partition coefficient (Wildman–Crippen LogP) is 2.68. The van der Waals surface area contributed by atoms with E-state index < -0.39 is 0 Å². The van der Waals surface area contributed by atoms with Gasteiger partial charge in [-0.15, -0.1) is 0 Å². The standard InChI is InChI=1S/C18H16N4O3/c23-17(20-13-5-2-1-3-6-13)12-25-15-8-4-7-14(11-15)21-18(24)16-9-10-19-22-16/h1-11H,12H2,(H,19,22)(H,20,23)(H,21,24). The van der Waals surface area contributed by atoms with Gasteiger partial charge in [-0.1, -0.05) is 24.3 Å². The number of aromatic nitrogens is 2. The average molecular weight is 336 g/mol. The zero-order valence-corrected chi connectivity index (χ0v) is 13.2. The number of benzene rings is 2. The molecule has 0 unspecified atom stereocenters. The third-order valence-corrected chi connectivity index (χ3v) is 3.26. The first kappa shape index (κ1) is 16.3. The molecule has 2 aromatic carbocycles. The number of nitrogens with one attached hydrogen (secondary N) is 3. The molecule has 126 valence electrons. The number of rotatable bonds is 6. The van der Waals surface area contributed by atoms with Gasteiger partial charge in [-0.05, 0) is 30.3 Å². The van der Waals surface area contributed by atoms with Crippen LogP contribution in [0.25, 0.3) is 0 Å². The SMILES string of the molecule is O=C(COc1cccc(NC(=O)c2ccn[nH]2)c1)Nc1ccccc1. The third kappa shape index (κ3) is 4.68. The van der Waals surface area contributed by atoms with Crippen molar-refractivity contribution in [2.75, 3.05) is 17.2 Å². The maximum atomic E-state index is 12.0. The highest BCUT2D eigenvalue weighted by atomic mass is 16.5. The Morgan fingerprint density at radius 3 is 2.52 bits per heavy atom. The summed E-state index contributed by atoms with van der Waals surface area (Å²) in [5.74, 6) is -0.0970. The lowest BCUT2D eigenvalue weighted by Gasteiger charge is -2.09. The van der Waals surface area contributed by atoms with Gasteiger partial charge in [0.15, 0.2) is 6.61 Å². The van der Waals surface area contributed by atoms with E-state index in [0.29, 0.717) is 22.8 Å². The van der Waals surface area contributed by atoms with Crippen molar-refractivity contribution in [3.05, 3.63) is 72.6 Å². The molecule has 1 aromatic heterocycles. The maximum absolute atomic E-state index is 12.0. The Kier molecular flexibility index (Phi) is 5.06. The van der Waals surface area contributed by atoms with Gasteiger partial charge in [0.2, 0.25) is 0 Å². The summed E-state index contributed by atoms with van der Waals surface area (Å²) in [5, 5.41) is 11.8. The second kappa shape index (κ2) is 7.78. The molecule has 0 fully saturated rings. The minimum absolute atomic E-state index is 0.132. The molecule has 0 aliphatic heterocycles. The topological polar surface area (TPSA) is 96.1 Å². The smallest absolute Gasteiger partial charge is 0.273 e.